The van der Waals surface area contributed by atoms with Crippen LogP contribution in [0.15, 0.2) is 24.3 Å². The van der Waals surface area contributed by atoms with Crippen LogP contribution in [0.1, 0.15) is 58.0 Å². The zero-order valence-corrected chi connectivity index (χ0v) is 17.9. The molecule has 1 atom stereocenters. The molecular formula is C20H24ClN2O4S+. The molecule has 0 spiro atoms. The molecule has 2 rings (SSSR count). The molecule has 0 saturated carbocycles. The standard InChI is InChI=1S/C20H23ClN2O4S/c1-5-27-20(26)17-11(2)18(13(4)24)28-19(17)23-16(25)10-22-12(3)14-6-8-15(21)9-7-14/h6-9,12,22H,5,10H2,1-4H3,(H,23,25)/p+1/t12-/m0/s1. The molecule has 0 radical (unpaired) electrons. The zero-order chi connectivity index (χ0) is 20.8. The Morgan fingerprint density at radius 3 is 2.46 bits per heavy atom. The highest BCUT2D eigenvalue weighted by molar-refractivity contribution is 7.18. The lowest BCUT2D eigenvalue weighted by Crippen LogP contribution is -2.86. The lowest BCUT2D eigenvalue weighted by atomic mass is 10.1. The fourth-order valence-electron chi connectivity index (χ4n) is 2.75. The predicted molar refractivity (Wildman–Crippen MR) is 110 cm³/mol. The summed E-state index contributed by atoms with van der Waals surface area (Å²) in [6.45, 7) is 7.19. The van der Waals surface area contributed by atoms with Crippen molar-refractivity contribution < 1.29 is 24.4 Å². The molecule has 0 aliphatic heterocycles. The number of carbonyl (C=O) groups is 3. The second kappa shape index (κ2) is 9.82. The van der Waals surface area contributed by atoms with Gasteiger partial charge in [-0.1, -0.05) is 23.7 Å². The number of thiophene rings is 1. The molecule has 28 heavy (non-hydrogen) atoms. The van der Waals surface area contributed by atoms with Gasteiger partial charge in [-0.3, -0.25) is 9.59 Å². The Morgan fingerprint density at radius 1 is 1.25 bits per heavy atom. The van der Waals surface area contributed by atoms with E-state index >= 15 is 0 Å². The SMILES string of the molecule is CCOC(=O)c1c(NC(=O)C[NH2+][C@@H](C)c2ccc(Cl)cc2)sc(C(C)=O)c1C. The first kappa shape index (κ1) is 22.1. The molecule has 1 aromatic carbocycles. The first-order valence-electron chi connectivity index (χ1n) is 8.94. The average molecular weight is 424 g/mol. The Labute approximate surface area is 173 Å². The van der Waals surface area contributed by atoms with Crippen molar-refractivity contribution in [2.24, 2.45) is 0 Å². The molecule has 150 valence electrons. The Hall–Kier alpha value is -2.22. The fourth-order valence-corrected chi connectivity index (χ4v) is 3.98. The van der Waals surface area contributed by atoms with Gasteiger partial charge in [-0.05, 0) is 45.4 Å². The summed E-state index contributed by atoms with van der Waals surface area (Å²) in [5, 5.41) is 5.65. The quantitative estimate of drug-likeness (QED) is 0.503. The van der Waals surface area contributed by atoms with Crippen LogP contribution in [0, 0.1) is 6.92 Å². The summed E-state index contributed by atoms with van der Waals surface area (Å²) in [6, 6.07) is 7.52. The number of hydrogen-bond acceptors (Lipinski definition) is 5. The van der Waals surface area contributed by atoms with E-state index in [9.17, 15) is 14.4 Å². The average Bonchev–Trinajstić information content (AvgIpc) is 2.96. The van der Waals surface area contributed by atoms with E-state index in [2.05, 4.69) is 5.32 Å². The van der Waals surface area contributed by atoms with Crippen molar-refractivity contribution in [3.05, 3.63) is 50.9 Å². The van der Waals surface area contributed by atoms with Gasteiger partial charge in [-0.2, -0.15) is 0 Å². The summed E-state index contributed by atoms with van der Waals surface area (Å²) in [6.07, 6.45) is 0. The summed E-state index contributed by atoms with van der Waals surface area (Å²) in [5.41, 5.74) is 1.83. The van der Waals surface area contributed by atoms with Crippen molar-refractivity contribution in [1.82, 2.24) is 0 Å². The van der Waals surface area contributed by atoms with E-state index in [-0.39, 0.29) is 36.4 Å². The number of carbonyl (C=O) groups excluding carboxylic acids is 3. The van der Waals surface area contributed by atoms with Crippen molar-refractivity contribution in [3.8, 4) is 0 Å². The van der Waals surface area contributed by atoms with E-state index in [1.54, 1.807) is 13.8 Å². The third-order valence-corrected chi connectivity index (χ3v) is 5.81. The van der Waals surface area contributed by atoms with Gasteiger partial charge in [0, 0.05) is 10.6 Å². The van der Waals surface area contributed by atoms with E-state index in [4.69, 9.17) is 16.3 Å². The third-order valence-electron chi connectivity index (χ3n) is 4.25. The van der Waals surface area contributed by atoms with Crippen LogP contribution in [0.4, 0.5) is 5.00 Å². The number of esters is 1. The molecule has 1 amide bonds. The largest absolute Gasteiger partial charge is 0.462 e. The Kier molecular flexibility index (Phi) is 7.74. The minimum absolute atomic E-state index is 0.0606. The van der Waals surface area contributed by atoms with E-state index in [1.807, 2.05) is 36.5 Å². The maximum absolute atomic E-state index is 12.4. The van der Waals surface area contributed by atoms with Gasteiger partial charge >= 0.3 is 5.97 Å². The number of amides is 1. The molecule has 1 heterocycles. The highest BCUT2D eigenvalue weighted by Crippen LogP contribution is 2.34. The molecule has 0 unspecified atom stereocenters. The molecule has 2 aromatic rings. The second-order valence-electron chi connectivity index (χ2n) is 6.37. The van der Waals surface area contributed by atoms with Crippen molar-refractivity contribution in [2.45, 2.75) is 33.7 Å². The summed E-state index contributed by atoms with van der Waals surface area (Å²) in [5.74, 6) is -0.961. The number of quaternary nitrogens is 1. The van der Waals surface area contributed by atoms with Gasteiger partial charge in [0.2, 0.25) is 0 Å². The molecule has 0 aliphatic carbocycles. The number of rotatable bonds is 8. The number of benzene rings is 1. The van der Waals surface area contributed by atoms with Crippen LogP contribution < -0.4 is 10.6 Å². The molecule has 0 aliphatic rings. The number of halogens is 1. The van der Waals surface area contributed by atoms with Crippen LogP contribution in [-0.4, -0.2) is 30.8 Å². The van der Waals surface area contributed by atoms with E-state index < -0.39 is 5.97 Å². The molecule has 3 N–H and O–H groups in total. The number of hydrogen-bond donors (Lipinski definition) is 2. The molecule has 6 nitrogen and oxygen atoms in total. The van der Waals surface area contributed by atoms with Crippen molar-refractivity contribution in [2.75, 3.05) is 18.5 Å². The normalized spacial score (nSPS) is 11.8. The van der Waals surface area contributed by atoms with Gasteiger partial charge in [0.25, 0.3) is 5.91 Å². The maximum Gasteiger partial charge on any atom is 0.341 e. The Morgan fingerprint density at radius 2 is 1.89 bits per heavy atom. The summed E-state index contributed by atoms with van der Waals surface area (Å²) in [4.78, 5) is 37.0. The van der Waals surface area contributed by atoms with E-state index in [1.165, 1.54) is 6.92 Å². The Balaban J connectivity index is 2.10. The third kappa shape index (κ3) is 5.41. The van der Waals surface area contributed by atoms with Gasteiger partial charge < -0.3 is 15.4 Å². The molecule has 0 fully saturated rings. The fraction of sp³-hybridized carbons (Fsp3) is 0.350. The highest BCUT2D eigenvalue weighted by atomic mass is 35.5. The molecule has 0 bridgehead atoms. The molecule has 1 aromatic heterocycles. The van der Waals surface area contributed by atoms with Gasteiger partial charge in [-0.15, -0.1) is 11.3 Å². The first-order chi connectivity index (χ1) is 13.2. The first-order valence-corrected chi connectivity index (χ1v) is 10.1. The molecule has 0 saturated heterocycles. The minimum atomic E-state index is -0.544. The second-order valence-corrected chi connectivity index (χ2v) is 7.82. The molecule has 8 heteroatoms. The minimum Gasteiger partial charge on any atom is -0.462 e. The van der Waals surface area contributed by atoms with Crippen LogP contribution >= 0.6 is 22.9 Å². The predicted octanol–water partition coefficient (Wildman–Crippen LogP) is 3.35. The van der Waals surface area contributed by atoms with E-state index in [0.29, 0.717) is 20.5 Å². The highest BCUT2D eigenvalue weighted by Gasteiger charge is 2.25. The summed E-state index contributed by atoms with van der Waals surface area (Å²) < 4.78 is 5.08. The summed E-state index contributed by atoms with van der Waals surface area (Å²) >= 11 is 7.00. The number of nitrogens with one attached hydrogen (secondary N) is 1. The smallest absolute Gasteiger partial charge is 0.341 e. The van der Waals surface area contributed by atoms with Gasteiger partial charge in [0.1, 0.15) is 11.0 Å². The van der Waals surface area contributed by atoms with Crippen molar-refractivity contribution >= 4 is 45.6 Å². The van der Waals surface area contributed by atoms with Crippen LogP contribution in [0.25, 0.3) is 0 Å². The topological polar surface area (TPSA) is 89.1 Å². The van der Waals surface area contributed by atoms with Gasteiger partial charge in [0.05, 0.1) is 17.0 Å². The maximum atomic E-state index is 12.4. The summed E-state index contributed by atoms with van der Waals surface area (Å²) in [7, 11) is 0. The van der Waals surface area contributed by atoms with Gasteiger partial charge in [0.15, 0.2) is 12.3 Å². The van der Waals surface area contributed by atoms with Crippen LogP contribution in [0.3, 0.4) is 0 Å². The lowest BCUT2D eigenvalue weighted by molar-refractivity contribution is -0.682. The van der Waals surface area contributed by atoms with Crippen molar-refractivity contribution in [1.29, 1.82) is 0 Å². The van der Waals surface area contributed by atoms with Crippen LogP contribution in [0.2, 0.25) is 5.02 Å². The van der Waals surface area contributed by atoms with Crippen LogP contribution in [-0.2, 0) is 9.53 Å². The zero-order valence-electron chi connectivity index (χ0n) is 16.3. The lowest BCUT2D eigenvalue weighted by Gasteiger charge is -2.11. The van der Waals surface area contributed by atoms with Crippen LogP contribution in [0.5, 0.6) is 0 Å². The number of nitrogens with two attached hydrogens (primary N) is 1. The van der Waals surface area contributed by atoms with E-state index in [0.717, 1.165) is 16.9 Å². The number of ether oxygens (including phenoxy) is 1. The van der Waals surface area contributed by atoms with Crippen molar-refractivity contribution in [3.63, 3.8) is 0 Å². The monoisotopic (exact) mass is 423 g/mol. The number of Topliss-reactive ketones (excluding diaryl/α,β-unsaturated/α-hetero) is 1. The molecular weight excluding hydrogens is 400 g/mol. The van der Waals surface area contributed by atoms with Gasteiger partial charge in [-0.25, -0.2) is 4.79 Å². The Bertz CT molecular complexity index is 877. The number of anilines is 1. The number of ketones is 1.